The summed E-state index contributed by atoms with van der Waals surface area (Å²) < 4.78 is 30.2. The molecule has 0 unspecified atom stereocenters. The Morgan fingerprint density at radius 3 is 2.60 bits per heavy atom. The largest absolute Gasteiger partial charge is 0.487 e. The van der Waals surface area contributed by atoms with Crippen molar-refractivity contribution in [2.24, 2.45) is 5.73 Å². The van der Waals surface area contributed by atoms with Gasteiger partial charge in [-0.2, -0.15) is 0 Å². The maximum Gasteiger partial charge on any atom is 0.278 e. The minimum atomic E-state index is -2.81. The number of nitrogens with two attached hydrogens (primary N) is 1. The van der Waals surface area contributed by atoms with Gasteiger partial charge in [-0.1, -0.05) is 18.2 Å². The van der Waals surface area contributed by atoms with Gasteiger partial charge in [-0.3, -0.25) is 0 Å². The minimum absolute atomic E-state index is 0.475. The Hall–Kier alpha value is -1.16. The molecule has 0 heterocycles. The van der Waals surface area contributed by atoms with Crippen molar-refractivity contribution in [1.29, 1.82) is 0 Å². The van der Waals surface area contributed by atoms with E-state index >= 15 is 0 Å². The van der Waals surface area contributed by atoms with Crippen LogP contribution in [-0.2, 0) is 6.42 Å². The predicted molar refractivity (Wildman–Crippen MR) is 55.3 cm³/mol. The van der Waals surface area contributed by atoms with Crippen LogP contribution in [0.15, 0.2) is 24.3 Å². The number of benzene rings is 1. The van der Waals surface area contributed by atoms with E-state index in [0.29, 0.717) is 18.7 Å². The highest BCUT2D eigenvalue weighted by molar-refractivity contribution is 5.33. The fraction of sp³-hybridized carbons (Fsp3) is 0.455. The molecule has 0 aliphatic rings. The summed E-state index contributed by atoms with van der Waals surface area (Å²) in [6.45, 7) is 0.704. The fourth-order valence-corrected chi connectivity index (χ4v) is 1.21. The van der Waals surface area contributed by atoms with Gasteiger partial charge in [0.05, 0.1) is 0 Å². The van der Waals surface area contributed by atoms with Crippen molar-refractivity contribution in [3.05, 3.63) is 29.8 Å². The van der Waals surface area contributed by atoms with E-state index in [2.05, 4.69) is 0 Å². The molecular formula is C11H15F2NO. The average molecular weight is 215 g/mol. The first kappa shape index (κ1) is 11.9. The Morgan fingerprint density at radius 2 is 2.00 bits per heavy atom. The standard InChI is InChI=1S/C11H15F2NO/c1-11(12,13)8-15-10-5-3-2-4-9(10)6-7-14/h2-5H,6-8,14H2,1H3. The van der Waals surface area contributed by atoms with E-state index < -0.39 is 12.5 Å². The van der Waals surface area contributed by atoms with E-state index in [1.54, 1.807) is 12.1 Å². The molecule has 2 nitrogen and oxygen atoms in total. The number of halogens is 2. The first-order valence-electron chi connectivity index (χ1n) is 4.81. The Labute approximate surface area is 88.0 Å². The van der Waals surface area contributed by atoms with Gasteiger partial charge in [-0.15, -0.1) is 0 Å². The molecule has 0 bridgehead atoms. The summed E-state index contributed by atoms with van der Waals surface area (Å²) >= 11 is 0. The van der Waals surface area contributed by atoms with E-state index in [-0.39, 0.29) is 0 Å². The molecule has 84 valence electrons. The summed E-state index contributed by atoms with van der Waals surface area (Å²) in [5.74, 6) is -2.32. The molecule has 4 heteroatoms. The van der Waals surface area contributed by atoms with Crippen LogP contribution in [0.2, 0.25) is 0 Å². The molecule has 0 atom stereocenters. The molecule has 0 saturated heterocycles. The summed E-state index contributed by atoms with van der Waals surface area (Å²) in [7, 11) is 0. The van der Waals surface area contributed by atoms with Crippen molar-refractivity contribution in [3.8, 4) is 5.75 Å². The molecule has 15 heavy (non-hydrogen) atoms. The molecule has 0 fully saturated rings. The summed E-state index contributed by atoms with van der Waals surface area (Å²) in [6, 6.07) is 7.10. The van der Waals surface area contributed by atoms with Gasteiger partial charge in [0.2, 0.25) is 0 Å². The maximum absolute atomic E-state index is 12.6. The quantitative estimate of drug-likeness (QED) is 0.817. The first-order chi connectivity index (χ1) is 7.03. The smallest absolute Gasteiger partial charge is 0.278 e. The third-order valence-electron chi connectivity index (χ3n) is 1.87. The van der Waals surface area contributed by atoms with Gasteiger partial charge in [-0.05, 0) is 24.6 Å². The van der Waals surface area contributed by atoms with E-state index in [0.717, 1.165) is 12.5 Å². The van der Waals surface area contributed by atoms with Crippen molar-refractivity contribution < 1.29 is 13.5 Å². The Bertz CT molecular complexity index is 310. The van der Waals surface area contributed by atoms with Crippen LogP contribution in [0, 0.1) is 0 Å². The second kappa shape index (κ2) is 5.07. The average Bonchev–Trinajstić information content (AvgIpc) is 2.16. The van der Waals surface area contributed by atoms with Crippen molar-refractivity contribution in [1.82, 2.24) is 0 Å². The van der Waals surface area contributed by atoms with Gasteiger partial charge in [0.15, 0.2) is 6.61 Å². The van der Waals surface area contributed by atoms with Crippen molar-refractivity contribution in [2.45, 2.75) is 19.3 Å². The molecule has 1 rings (SSSR count). The molecule has 0 aliphatic heterocycles. The van der Waals surface area contributed by atoms with Crippen LogP contribution in [0.3, 0.4) is 0 Å². The minimum Gasteiger partial charge on any atom is -0.487 e. The third kappa shape index (κ3) is 4.25. The summed E-state index contributed by atoms with van der Waals surface area (Å²) in [5.41, 5.74) is 6.27. The lowest BCUT2D eigenvalue weighted by atomic mass is 10.1. The monoisotopic (exact) mass is 215 g/mol. The number of hydrogen-bond donors (Lipinski definition) is 1. The molecule has 0 aromatic heterocycles. The normalized spacial score (nSPS) is 11.5. The molecule has 0 saturated carbocycles. The summed E-state index contributed by atoms with van der Waals surface area (Å²) in [5, 5.41) is 0. The number of rotatable bonds is 5. The molecule has 0 spiro atoms. The van der Waals surface area contributed by atoms with Crippen LogP contribution in [0.1, 0.15) is 12.5 Å². The van der Waals surface area contributed by atoms with Crippen molar-refractivity contribution >= 4 is 0 Å². The SMILES string of the molecule is CC(F)(F)COc1ccccc1CCN. The van der Waals surface area contributed by atoms with Crippen LogP contribution < -0.4 is 10.5 Å². The Morgan fingerprint density at radius 1 is 1.33 bits per heavy atom. The highest BCUT2D eigenvalue weighted by atomic mass is 19.3. The molecule has 1 aromatic carbocycles. The lowest BCUT2D eigenvalue weighted by molar-refractivity contribution is -0.0231. The van der Waals surface area contributed by atoms with Crippen LogP contribution in [0.25, 0.3) is 0 Å². The van der Waals surface area contributed by atoms with Crippen molar-refractivity contribution in [3.63, 3.8) is 0 Å². The molecule has 1 aromatic rings. The zero-order valence-electron chi connectivity index (χ0n) is 8.67. The Balaban J connectivity index is 2.67. The number of hydrogen-bond acceptors (Lipinski definition) is 2. The zero-order chi connectivity index (χ0) is 11.3. The van der Waals surface area contributed by atoms with Gasteiger partial charge in [-0.25, -0.2) is 8.78 Å². The van der Waals surface area contributed by atoms with Gasteiger partial charge in [0.1, 0.15) is 5.75 Å². The van der Waals surface area contributed by atoms with Gasteiger partial charge in [0, 0.05) is 6.92 Å². The first-order valence-corrected chi connectivity index (χ1v) is 4.81. The molecule has 2 N–H and O–H groups in total. The highest BCUT2D eigenvalue weighted by Crippen LogP contribution is 2.21. The third-order valence-corrected chi connectivity index (χ3v) is 1.87. The van der Waals surface area contributed by atoms with Gasteiger partial charge >= 0.3 is 0 Å². The van der Waals surface area contributed by atoms with Crippen LogP contribution in [0.4, 0.5) is 8.78 Å². The predicted octanol–water partition coefficient (Wildman–Crippen LogP) is 2.22. The van der Waals surface area contributed by atoms with Crippen LogP contribution in [-0.4, -0.2) is 19.1 Å². The van der Waals surface area contributed by atoms with Gasteiger partial charge < -0.3 is 10.5 Å². The van der Waals surface area contributed by atoms with Gasteiger partial charge in [0.25, 0.3) is 5.92 Å². The topological polar surface area (TPSA) is 35.2 Å². The fourth-order valence-electron chi connectivity index (χ4n) is 1.21. The van der Waals surface area contributed by atoms with E-state index in [1.165, 1.54) is 0 Å². The van der Waals surface area contributed by atoms with Crippen LogP contribution in [0.5, 0.6) is 5.75 Å². The summed E-state index contributed by atoms with van der Waals surface area (Å²) in [4.78, 5) is 0. The zero-order valence-corrected chi connectivity index (χ0v) is 8.67. The second-order valence-electron chi connectivity index (χ2n) is 3.51. The summed E-state index contributed by atoms with van der Waals surface area (Å²) in [6.07, 6.45) is 0.630. The Kier molecular flexibility index (Phi) is 4.03. The van der Waals surface area contributed by atoms with Crippen LogP contribution >= 0.6 is 0 Å². The molecule has 0 aliphatic carbocycles. The number of alkyl halides is 2. The number of ether oxygens (including phenoxy) is 1. The lowest BCUT2D eigenvalue weighted by Gasteiger charge is -2.14. The van der Waals surface area contributed by atoms with E-state index in [4.69, 9.17) is 10.5 Å². The molecular weight excluding hydrogens is 200 g/mol. The van der Waals surface area contributed by atoms with E-state index in [9.17, 15) is 8.78 Å². The highest BCUT2D eigenvalue weighted by Gasteiger charge is 2.22. The van der Waals surface area contributed by atoms with Crippen molar-refractivity contribution in [2.75, 3.05) is 13.2 Å². The van der Waals surface area contributed by atoms with E-state index in [1.807, 2.05) is 12.1 Å². The lowest BCUT2D eigenvalue weighted by Crippen LogP contribution is -2.21. The molecule has 0 amide bonds. The molecule has 0 radical (unpaired) electrons. The second-order valence-corrected chi connectivity index (χ2v) is 3.51. The maximum atomic E-state index is 12.6. The number of para-hydroxylation sites is 1.